The molecule has 0 aromatic heterocycles. The number of hydrogen-bond donors (Lipinski definition) is 0. The monoisotopic (exact) mass is 264 g/mol. The van der Waals surface area contributed by atoms with E-state index < -0.39 is 0 Å². The lowest BCUT2D eigenvalue weighted by atomic mass is 10.1. The summed E-state index contributed by atoms with van der Waals surface area (Å²) in [5.41, 5.74) is 0. The fourth-order valence-corrected chi connectivity index (χ4v) is 2.37. The molecule has 0 bridgehead atoms. The van der Waals surface area contributed by atoms with E-state index in [1.54, 1.807) is 0 Å². The van der Waals surface area contributed by atoms with E-state index in [1.165, 1.54) is 19.3 Å². The molecule has 0 aromatic carbocycles. The molecule has 0 aliphatic carbocycles. The Labute approximate surface area is 107 Å². The molecule has 0 saturated carbocycles. The lowest BCUT2D eigenvalue weighted by Gasteiger charge is -2.30. The molecule has 5 heteroatoms. The molecule has 0 spiro atoms. The van der Waals surface area contributed by atoms with Crippen LogP contribution in [0, 0.1) is 0 Å². The Kier molecular flexibility index (Phi) is 5.03. The van der Waals surface area contributed by atoms with Gasteiger partial charge in [-0.1, -0.05) is 23.8 Å². The van der Waals surface area contributed by atoms with E-state index in [9.17, 15) is 0 Å². The zero-order chi connectivity index (χ0) is 9.97. The van der Waals surface area contributed by atoms with Gasteiger partial charge in [-0.05, 0) is 25.3 Å². The molecule has 2 nitrogen and oxygen atoms in total. The van der Waals surface area contributed by atoms with Crippen molar-refractivity contribution in [3.05, 3.63) is 11.9 Å². The van der Waals surface area contributed by atoms with Gasteiger partial charge in [-0.15, -0.1) is 12.4 Å². The molecule has 2 heterocycles. The first kappa shape index (κ1) is 12.9. The summed E-state index contributed by atoms with van der Waals surface area (Å²) < 4.78 is 0. The van der Waals surface area contributed by atoms with Crippen LogP contribution in [0.15, 0.2) is 16.9 Å². The van der Waals surface area contributed by atoms with Crippen LogP contribution in [0.4, 0.5) is 0 Å². The van der Waals surface area contributed by atoms with E-state index >= 15 is 0 Å². The van der Waals surface area contributed by atoms with Gasteiger partial charge in [0.2, 0.25) is 0 Å². The Balaban J connectivity index is 0.00000112. The first-order chi connectivity index (χ1) is 6.75. The summed E-state index contributed by atoms with van der Waals surface area (Å²) in [5.74, 6) is 0.964. The Morgan fingerprint density at radius 3 is 2.53 bits per heavy atom. The minimum absolute atomic E-state index is 0. The maximum atomic E-state index is 5.92. The van der Waals surface area contributed by atoms with Gasteiger partial charge in [0.25, 0.3) is 0 Å². The van der Waals surface area contributed by atoms with Crippen molar-refractivity contribution in [3.8, 4) is 0 Å². The highest BCUT2D eigenvalue weighted by Crippen LogP contribution is 2.20. The molecule has 0 N–H and O–H groups in total. The number of rotatable bonds is 1. The molecule has 0 atom stereocenters. The standard InChI is InChI=1S/C10H13ClN2S.ClH/c11-9-6-8(14)7-10(12-9)13-4-2-1-3-5-13;/h7H,1-6H2;1H. The minimum atomic E-state index is 0. The van der Waals surface area contributed by atoms with Gasteiger partial charge in [0, 0.05) is 24.4 Å². The number of allylic oxidation sites excluding steroid dienone is 1. The maximum Gasteiger partial charge on any atom is 0.131 e. The van der Waals surface area contributed by atoms with Crippen LogP contribution in [0.3, 0.4) is 0 Å². The van der Waals surface area contributed by atoms with E-state index in [0.717, 1.165) is 23.8 Å². The van der Waals surface area contributed by atoms with Crippen molar-refractivity contribution >= 4 is 46.3 Å². The molecule has 2 aliphatic rings. The highest BCUT2D eigenvalue weighted by molar-refractivity contribution is 7.80. The van der Waals surface area contributed by atoms with Crippen LogP contribution in [-0.2, 0) is 0 Å². The number of aliphatic imine (C=N–C) groups is 1. The topological polar surface area (TPSA) is 15.6 Å². The predicted molar refractivity (Wildman–Crippen MR) is 71.3 cm³/mol. The molecular formula is C10H14Cl2N2S. The first-order valence-corrected chi connectivity index (χ1v) is 5.77. The van der Waals surface area contributed by atoms with Gasteiger partial charge >= 0.3 is 0 Å². The van der Waals surface area contributed by atoms with Crippen molar-refractivity contribution in [2.45, 2.75) is 25.7 Å². The van der Waals surface area contributed by atoms with Gasteiger partial charge in [-0.2, -0.15) is 0 Å². The van der Waals surface area contributed by atoms with Gasteiger partial charge in [0.05, 0.1) is 0 Å². The Morgan fingerprint density at radius 1 is 1.27 bits per heavy atom. The lowest BCUT2D eigenvalue weighted by molar-refractivity contribution is 0.283. The molecule has 0 radical (unpaired) electrons. The van der Waals surface area contributed by atoms with E-state index in [-0.39, 0.29) is 12.4 Å². The highest BCUT2D eigenvalue weighted by atomic mass is 35.5. The minimum Gasteiger partial charge on any atom is -0.357 e. The molecular weight excluding hydrogens is 251 g/mol. The molecule has 15 heavy (non-hydrogen) atoms. The van der Waals surface area contributed by atoms with Crippen LogP contribution in [0.2, 0.25) is 0 Å². The van der Waals surface area contributed by atoms with Crippen LogP contribution in [-0.4, -0.2) is 28.0 Å². The summed E-state index contributed by atoms with van der Waals surface area (Å²) in [6.07, 6.45) is 6.43. The second-order valence-electron chi connectivity index (χ2n) is 3.68. The van der Waals surface area contributed by atoms with E-state index in [0.29, 0.717) is 11.6 Å². The second-order valence-corrected chi connectivity index (χ2v) is 4.64. The number of halogens is 2. The quantitative estimate of drug-likeness (QED) is 0.677. The number of hydrogen-bond acceptors (Lipinski definition) is 3. The highest BCUT2D eigenvalue weighted by Gasteiger charge is 2.17. The summed E-state index contributed by atoms with van der Waals surface area (Å²) in [5, 5.41) is 0.623. The maximum absolute atomic E-state index is 5.92. The van der Waals surface area contributed by atoms with Crippen molar-refractivity contribution < 1.29 is 0 Å². The average Bonchev–Trinajstić information content (AvgIpc) is 2.18. The second kappa shape index (κ2) is 5.83. The lowest BCUT2D eigenvalue weighted by Crippen LogP contribution is -2.30. The Hall–Kier alpha value is -0.120. The molecule has 2 rings (SSSR count). The fourth-order valence-electron chi connectivity index (χ4n) is 1.82. The summed E-state index contributed by atoms with van der Waals surface area (Å²) >= 11 is 11.1. The third kappa shape index (κ3) is 3.44. The van der Waals surface area contributed by atoms with Gasteiger partial charge in [0.1, 0.15) is 11.0 Å². The van der Waals surface area contributed by atoms with Crippen LogP contribution < -0.4 is 0 Å². The Bertz CT molecular complexity index is 307. The van der Waals surface area contributed by atoms with Crippen LogP contribution in [0.25, 0.3) is 0 Å². The van der Waals surface area contributed by atoms with Gasteiger partial charge < -0.3 is 4.90 Å². The number of likely N-dealkylation sites (tertiary alicyclic amines) is 1. The SMILES string of the molecule is Cl.S=C1C=C(N2CCCCC2)N=C(Cl)C1. The summed E-state index contributed by atoms with van der Waals surface area (Å²) in [6.45, 7) is 2.17. The van der Waals surface area contributed by atoms with Crippen molar-refractivity contribution in [2.24, 2.45) is 4.99 Å². The number of thiocarbonyl (C=S) groups is 1. The van der Waals surface area contributed by atoms with Crippen molar-refractivity contribution in [1.82, 2.24) is 4.90 Å². The Morgan fingerprint density at radius 2 is 1.93 bits per heavy atom. The third-order valence-electron chi connectivity index (χ3n) is 2.53. The molecule has 0 aromatic rings. The van der Waals surface area contributed by atoms with E-state index in [2.05, 4.69) is 9.89 Å². The zero-order valence-electron chi connectivity index (χ0n) is 8.41. The van der Waals surface area contributed by atoms with E-state index in [4.69, 9.17) is 23.8 Å². The number of piperidine rings is 1. The van der Waals surface area contributed by atoms with Gasteiger partial charge in [-0.25, -0.2) is 4.99 Å². The molecule has 1 saturated heterocycles. The van der Waals surface area contributed by atoms with Gasteiger partial charge in [0.15, 0.2) is 0 Å². The first-order valence-electron chi connectivity index (χ1n) is 4.98. The van der Waals surface area contributed by atoms with E-state index in [1.807, 2.05) is 6.08 Å². The summed E-state index contributed by atoms with van der Waals surface area (Å²) in [6, 6.07) is 0. The normalized spacial score (nSPS) is 21.7. The van der Waals surface area contributed by atoms with Crippen LogP contribution >= 0.6 is 36.2 Å². The molecule has 84 valence electrons. The number of nitrogens with zero attached hydrogens (tertiary/aromatic N) is 2. The molecule has 2 aliphatic heterocycles. The zero-order valence-corrected chi connectivity index (χ0v) is 10.8. The van der Waals surface area contributed by atoms with Gasteiger partial charge in [-0.3, -0.25) is 0 Å². The summed E-state index contributed by atoms with van der Waals surface area (Å²) in [7, 11) is 0. The average molecular weight is 265 g/mol. The third-order valence-corrected chi connectivity index (χ3v) is 3.01. The smallest absolute Gasteiger partial charge is 0.131 e. The predicted octanol–water partition coefficient (Wildman–Crippen LogP) is 3.15. The summed E-state index contributed by atoms with van der Waals surface area (Å²) in [4.78, 5) is 7.51. The van der Waals surface area contributed by atoms with Crippen molar-refractivity contribution in [3.63, 3.8) is 0 Å². The molecule has 1 fully saturated rings. The molecule has 0 unspecified atom stereocenters. The largest absolute Gasteiger partial charge is 0.357 e. The van der Waals surface area contributed by atoms with Crippen LogP contribution in [0.1, 0.15) is 25.7 Å². The molecule has 0 amide bonds. The van der Waals surface area contributed by atoms with Crippen LogP contribution in [0.5, 0.6) is 0 Å². The van der Waals surface area contributed by atoms with Crippen molar-refractivity contribution in [1.29, 1.82) is 0 Å². The fraction of sp³-hybridized carbons (Fsp3) is 0.600. The van der Waals surface area contributed by atoms with Crippen molar-refractivity contribution in [2.75, 3.05) is 13.1 Å².